The van der Waals surface area contributed by atoms with Crippen LogP contribution in [0.25, 0.3) is 0 Å². The molecule has 0 atom stereocenters. The molecule has 0 aromatic rings. The molecule has 2 heterocycles. The van der Waals surface area contributed by atoms with E-state index < -0.39 is 10.0 Å². The number of piperidine rings is 2. The van der Waals surface area contributed by atoms with Crippen LogP contribution in [0.2, 0.25) is 0 Å². The molecule has 100 valence electrons. The van der Waals surface area contributed by atoms with E-state index in [1.807, 2.05) is 0 Å². The second kappa shape index (κ2) is 5.24. The zero-order valence-corrected chi connectivity index (χ0v) is 11.7. The molecule has 0 aliphatic carbocycles. The maximum absolute atomic E-state index is 11.4. The van der Waals surface area contributed by atoms with Gasteiger partial charge in [0.05, 0.1) is 6.26 Å². The third-order valence-electron chi connectivity index (χ3n) is 4.23. The van der Waals surface area contributed by atoms with Crippen molar-refractivity contribution in [3.8, 4) is 0 Å². The van der Waals surface area contributed by atoms with E-state index in [-0.39, 0.29) is 0 Å². The van der Waals surface area contributed by atoms with Crippen molar-refractivity contribution in [3.05, 3.63) is 0 Å². The molecule has 0 spiro atoms. The van der Waals surface area contributed by atoms with Crippen LogP contribution >= 0.6 is 0 Å². The number of nitrogens with zero attached hydrogens (tertiary/aromatic N) is 2. The minimum Gasteiger partial charge on any atom is -0.300 e. The summed E-state index contributed by atoms with van der Waals surface area (Å²) in [6, 6.07) is 0.612. The second-order valence-corrected chi connectivity index (χ2v) is 7.59. The van der Waals surface area contributed by atoms with Crippen molar-refractivity contribution in [3.63, 3.8) is 0 Å². The van der Waals surface area contributed by atoms with Gasteiger partial charge < -0.3 is 4.90 Å². The molecule has 4 nitrogen and oxygen atoms in total. The van der Waals surface area contributed by atoms with Gasteiger partial charge in [0.2, 0.25) is 10.0 Å². The average molecular weight is 260 g/mol. The topological polar surface area (TPSA) is 40.6 Å². The van der Waals surface area contributed by atoms with Crippen LogP contribution in [0.5, 0.6) is 0 Å². The number of rotatable bonds is 2. The van der Waals surface area contributed by atoms with Gasteiger partial charge >= 0.3 is 0 Å². The Morgan fingerprint density at radius 2 is 1.47 bits per heavy atom. The number of sulfonamides is 1. The largest absolute Gasteiger partial charge is 0.300 e. The molecule has 0 amide bonds. The molecule has 0 radical (unpaired) electrons. The van der Waals surface area contributed by atoms with Crippen molar-refractivity contribution in [2.75, 3.05) is 32.4 Å². The molecule has 0 aromatic heterocycles. The highest BCUT2D eigenvalue weighted by atomic mass is 32.2. The van der Waals surface area contributed by atoms with Gasteiger partial charge in [-0.15, -0.1) is 0 Å². The third kappa shape index (κ3) is 3.42. The molecule has 2 rings (SSSR count). The highest BCUT2D eigenvalue weighted by Gasteiger charge is 2.29. The van der Waals surface area contributed by atoms with Crippen LogP contribution in [-0.2, 0) is 10.0 Å². The standard InChI is InChI=1S/C12H24N2O2S/c1-11-3-7-13(8-4-11)12-5-9-14(10-6-12)17(2,15)16/h11-12H,3-10H2,1-2H3. The van der Waals surface area contributed by atoms with E-state index in [9.17, 15) is 8.42 Å². The lowest BCUT2D eigenvalue weighted by Gasteiger charge is -2.40. The Morgan fingerprint density at radius 1 is 0.941 bits per heavy atom. The van der Waals surface area contributed by atoms with Gasteiger partial charge in [-0.25, -0.2) is 12.7 Å². The average Bonchev–Trinajstić information content (AvgIpc) is 2.29. The van der Waals surface area contributed by atoms with Crippen molar-refractivity contribution in [1.82, 2.24) is 9.21 Å². The summed E-state index contributed by atoms with van der Waals surface area (Å²) < 4.78 is 24.5. The highest BCUT2D eigenvalue weighted by molar-refractivity contribution is 7.88. The van der Waals surface area contributed by atoms with Gasteiger partial charge in [-0.05, 0) is 44.7 Å². The summed E-state index contributed by atoms with van der Waals surface area (Å²) in [5.74, 6) is 0.863. The summed E-state index contributed by atoms with van der Waals surface area (Å²) in [6.45, 7) is 6.13. The van der Waals surface area contributed by atoms with E-state index in [0.29, 0.717) is 19.1 Å². The van der Waals surface area contributed by atoms with Crippen LogP contribution < -0.4 is 0 Å². The fourth-order valence-corrected chi connectivity index (χ4v) is 3.81. The van der Waals surface area contributed by atoms with Crippen LogP contribution in [0.3, 0.4) is 0 Å². The van der Waals surface area contributed by atoms with Crippen LogP contribution in [0.1, 0.15) is 32.6 Å². The van der Waals surface area contributed by atoms with Crippen molar-refractivity contribution in [1.29, 1.82) is 0 Å². The minimum atomic E-state index is -2.97. The molecular formula is C12H24N2O2S. The number of likely N-dealkylation sites (tertiary alicyclic amines) is 1. The quantitative estimate of drug-likeness (QED) is 0.747. The predicted molar refractivity (Wildman–Crippen MR) is 69.4 cm³/mol. The SMILES string of the molecule is CC1CCN(C2CCN(S(C)(=O)=O)CC2)CC1. The van der Waals surface area contributed by atoms with Gasteiger partial charge in [0, 0.05) is 19.1 Å². The summed E-state index contributed by atoms with van der Waals surface area (Å²) in [6.07, 6.45) is 5.91. The maximum Gasteiger partial charge on any atom is 0.211 e. The smallest absolute Gasteiger partial charge is 0.211 e. The van der Waals surface area contributed by atoms with Gasteiger partial charge in [0.15, 0.2) is 0 Å². The Balaban J connectivity index is 1.83. The van der Waals surface area contributed by atoms with E-state index in [1.165, 1.54) is 32.2 Å². The lowest BCUT2D eigenvalue weighted by Crippen LogP contribution is -2.48. The van der Waals surface area contributed by atoms with Crippen molar-refractivity contribution >= 4 is 10.0 Å². The number of hydrogen-bond acceptors (Lipinski definition) is 3. The molecule has 2 aliphatic heterocycles. The van der Waals surface area contributed by atoms with Crippen LogP contribution in [0.15, 0.2) is 0 Å². The lowest BCUT2D eigenvalue weighted by molar-refractivity contribution is 0.101. The molecule has 0 aromatic carbocycles. The molecule has 5 heteroatoms. The zero-order chi connectivity index (χ0) is 12.5. The Morgan fingerprint density at radius 3 is 1.94 bits per heavy atom. The molecule has 2 aliphatic rings. The second-order valence-electron chi connectivity index (χ2n) is 5.61. The van der Waals surface area contributed by atoms with Crippen LogP contribution in [0, 0.1) is 5.92 Å². The summed E-state index contributed by atoms with van der Waals surface area (Å²) in [4.78, 5) is 2.57. The summed E-state index contributed by atoms with van der Waals surface area (Å²) in [7, 11) is -2.97. The normalized spacial score (nSPS) is 27.4. The monoisotopic (exact) mass is 260 g/mol. The molecule has 0 bridgehead atoms. The predicted octanol–water partition coefficient (Wildman–Crippen LogP) is 1.14. The van der Waals surface area contributed by atoms with Crippen molar-refractivity contribution in [2.24, 2.45) is 5.92 Å². The van der Waals surface area contributed by atoms with Crippen LogP contribution in [0.4, 0.5) is 0 Å². The first-order valence-corrected chi connectivity index (χ1v) is 8.51. The zero-order valence-electron chi connectivity index (χ0n) is 10.9. The van der Waals surface area contributed by atoms with Gasteiger partial charge in [-0.2, -0.15) is 0 Å². The van der Waals surface area contributed by atoms with Crippen molar-refractivity contribution in [2.45, 2.75) is 38.6 Å². The molecule has 2 fully saturated rings. The molecule has 0 saturated carbocycles. The first-order valence-electron chi connectivity index (χ1n) is 6.66. The van der Waals surface area contributed by atoms with E-state index in [1.54, 1.807) is 4.31 Å². The Bertz CT molecular complexity index is 340. The fourth-order valence-electron chi connectivity index (χ4n) is 2.93. The number of hydrogen-bond donors (Lipinski definition) is 0. The van der Waals surface area contributed by atoms with Gasteiger partial charge in [0.25, 0.3) is 0 Å². The van der Waals surface area contributed by atoms with Gasteiger partial charge in [-0.1, -0.05) is 6.92 Å². The molecule has 0 unspecified atom stereocenters. The van der Waals surface area contributed by atoms with E-state index in [4.69, 9.17) is 0 Å². The first kappa shape index (κ1) is 13.3. The highest BCUT2D eigenvalue weighted by Crippen LogP contribution is 2.24. The summed E-state index contributed by atoms with van der Waals surface area (Å²) in [5, 5.41) is 0. The van der Waals surface area contributed by atoms with E-state index in [2.05, 4.69) is 11.8 Å². The Labute approximate surface area is 105 Å². The Kier molecular flexibility index (Phi) is 4.10. The molecule has 17 heavy (non-hydrogen) atoms. The fraction of sp³-hybridized carbons (Fsp3) is 1.00. The molecular weight excluding hydrogens is 236 g/mol. The Hall–Kier alpha value is -0.130. The lowest BCUT2D eigenvalue weighted by atomic mass is 9.95. The minimum absolute atomic E-state index is 0.612. The van der Waals surface area contributed by atoms with E-state index >= 15 is 0 Å². The van der Waals surface area contributed by atoms with Gasteiger partial charge in [-0.3, -0.25) is 0 Å². The first-order chi connectivity index (χ1) is 7.97. The molecule has 2 saturated heterocycles. The van der Waals surface area contributed by atoms with Crippen molar-refractivity contribution < 1.29 is 8.42 Å². The van der Waals surface area contributed by atoms with Crippen LogP contribution in [-0.4, -0.2) is 56.1 Å². The van der Waals surface area contributed by atoms with E-state index in [0.717, 1.165) is 18.8 Å². The third-order valence-corrected chi connectivity index (χ3v) is 5.53. The maximum atomic E-state index is 11.4. The summed E-state index contributed by atoms with van der Waals surface area (Å²) >= 11 is 0. The molecule has 0 N–H and O–H groups in total. The summed E-state index contributed by atoms with van der Waals surface area (Å²) in [5.41, 5.74) is 0. The van der Waals surface area contributed by atoms with Gasteiger partial charge in [0.1, 0.15) is 0 Å².